The molecule has 0 aromatic rings. The molecule has 1 saturated carbocycles. The molecule has 1 saturated heterocycles. The largest absolute Gasteiger partial charge is 0.339 e. The van der Waals surface area contributed by atoms with Crippen LogP contribution >= 0.6 is 0 Å². The second-order valence-corrected chi connectivity index (χ2v) is 4.90. The van der Waals surface area contributed by atoms with E-state index in [0.29, 0.717) is 0 Å². The van der Waals surface area contributed by atoms with Crippen LogP contribution in [0, 0.1) is 0 Å². The standard InChI is InChI=1S/C12H25N5/c1-2-14-12(15-13)17-9-7-16(8-10-17)11-5-3-4-6-11/h11H,2-10,13H2,1H3,(H,14,15). The lowest BCUT2D eigenvalue weighted by molar-refractivity contribution is 0.132. The molecule has 0 aromatic carbocycles. The van der Waals surface area contributed by atoms with Crippen molar-refractivity contribution >= 4 is 5.96 Å². The lowest BCUT2D eigenvalue weighted by atomic mass is 10.2. The Kier molecular flexibility index (Phi) is 4.62. The fourth-order valence-electron chi connectivity index (χ4n) is 2.95. The van der Waals surface area contributed by atoms with Gasteiger partial charge in [-0.05, 0) is 19.8 Å². The molecule has 3 N–H and O–H groups in total. The molecule has 1 heterocycles. The summed E-state index contributed by atoms with van der Waals surface area (Å²) >= 11 is 0. The van der Waals surface area contributed by atoms with Gasteiger partial charge in [0.25, 0.3) is 0 Å². The molecule has 0 spiro atoms. The van der Waals surface area contributed by atoms with Crippen LogP contribution in [0.4, 0.5) is 0 Å². The molecule has 0 radical (unpaired) electrons. The third-order valence-electron chi connectivity index (χ3n) is 3.89. The van der Waals surface area contributed by atoms with Crippen LogP contribution in [0.25, 0.3) is 0 Å². The van der Waals surface area contributed by atoms with Crippen LogP contribution in [0.1, 0.15) is 32.6 Å². The number of nitrogens with zero attached hydrogens (tertiary/aromatic N) is 3. The van der Waals surface area contributed by atoms with Gasteiger partial charge in [-0.25, -0.2) is 5.84 Å². The van der Waals surface area contributed by atoms with Gasteiger partial charge in [0.1, 0.15) is 0 Å². The first kappa shape index (κ1) is 12.6. The highest BCUT2D eigenvalue weighted by molar-refractivity contribution is 5.79. The molecule has 17 heavy (non-hydrogen) atoms. The summed E-state index contributed by atoms with van der Waals surface area (Å²) < 4.78 is 0. The Hall–Kier alpha value is -0.810. The quantitative estimate of drug-likeness (QED) is 0.317. The zero-order valence-corrected chi connectivity index (χ0v) is 10.9. The molecular formula is C12H25N5. The van der Waals surface area contributed by atoms with Crippen molar-refractivity contribution in [3.8, 4) is 0 Å². The van der Waals surface area contributed by atoms with Crippen molar-refractivity contribution in [2.45, 2.75) is 38.6 Å². The Morgan fingerprint density at radius 1 is 1.24 bits per heavy atom. The van der Waals surface area contributed by atoms with E-state index in [1.54, 1.807) is 0 Å². The molecule has 5 heteroatoms. The number of nitrogens with one attached hydrogen (secondary N) is 1. The van der Waals surface area contributed by atoms with E-state index < -0.39 is 0 Å². The van der Waals surface area contributed by atoms with Gasteiger partial charge in [-0.1, -0.05) is 12.8 Å². The highest BCUT2D eigenvalue weighted by Gasteiger charge is 2.26. The SMILES string of the molecule is CCN=C(NN)N1CCN(C2CCCC2)CC1. The van der Waals surface area contributed by atoms with Crippen molar-refractivity contribution in [1.29, 1.82) is 0 Å². The molecule has 0 amide bonds. The smallest absolute Gasteiger partial charge is 0.208 e. The lowest BCUT2D eigenvalue weighted by Crippen LogP contribution is -2.55. The molecule has 0 unspecified atom stereocenters. The summed E-state index contributed by atoms with van der Waals surface area (Å²) in [4.78, 5) is 9.28. The van der Waals surface area contributed by atoms with E-state index in [-0.39, 0.29) is 0 Å². The normalized spacial score (nSPS) is 24.4. The first-order valence-corrected chi connectivity index (χ1v) is 6.85. The number of hydrogen-bond donors (Lipinski definition) is 2. The van der Waals surface area contributed by atoms with Gasteiger partial charge in [-0.15, -0.1) is 0 Å². The van der Waals surface area contributed by atoms with Crippen LogP contribution < -0.4 is 11.3 Å². The zero-order valence-electron chi connectivity index (χ0n) is 10.9. The van der Waals surface area contributed by atoms with Gasteiger partial charge < -0.3 is 4.90 Å². The van der Waals surface area contributed by atoms with Crippen LogP contribution in [0.3, 0.4) is 0 Å². The Balaban J connectivity index is 1.82. The average molecular weight is 239 g/mol. The summed E-state index contributed by atoms with van der Waals surface area (Å²) in [5.74, 6) is 6.36. The highest BCUT2D eigenvalue weighted by atomic mass is 15.4. The first-order chi connectivity index (χ1) is 8.35. The highest BCUT2D eigenvalue weighted by Crippen LogP contribution is 2.24. The van der Waals surface area contributed by atoms with E-state index in [1.807, 2.05) is 6.92 Å². The molecule has 2 fully saturated rings. The van der Waals surface area contributed by atoms with Crippen molar-refractivity contribution in [2.75, 3.05) is 32.7 Å². The Labute approximate surface area is 104 Å². The molecule has 0 atom stereocenters. The van der Waals surface area contributed by atoms with Crippen LogP contribution in [0.2, 0.25) is 0 Å². The molecule has 0 bridgehead atoms. The van der Waals surface area contributed by atoms with Gasteiger partial charge in [0, 0.05) is 38.8 Å². The van der Waals surface area contributed by atoms with E-state index in [1.165, 1.54) is 25.7 Å². The van der Waals surface area contributed by atoms with Crippen molar-refractivity contribution in [2.24, 2.45) is 10.8 Å². The number of nitrogens with two attached hydrogens (primary N) is 1. The van der Waals surface area contributed by atoms with Crippen molar-refractivity contribution in [3.63, 3.8) is 0 Å². The van der Waals surface area contributed by atoms with E-state index in [0.717, 1.165) is 44.7 Å². The van der Waals surface area contributed by atoms with Crippen LogP contribution in [0.15, 0.2) is 4.99 Å². The maximum Gasteiger partial charge on any atom is 0.208 e. The predicted molar refractivity (Wildman–Crippen MR) is 70.7 cm³/mol. The van der Waals surface area contributed by atoms with Crippen molar-refractivity contribution < 1.29 is 0 Å². The number of guanidine groups is 1. The molecule has 2 aliphatic rings. The van der Waals surface area contributed by atoms with Crippen LogP contribution in [-0.2, 0) is 0 Å². The number of piperazine rings is 1. The van der Waals surface area contributed by atoms with E-state index in [9.17, 15) is 0 Å². The zero-order chi connectivity index (χ0) is 12.1. The van der Waals surface area contributed by atoms with Gasteiger partial charge in [-0.3, -0.25) is 15.3 Å². The summed E-state index contributed by atoms with van der Waals surface area (Å²) in [5, 5.41) is 0. The minimum atomic E-state index is 0.780. The van der Waals surface area contributed by atoms with E-state index in [4.69, 9.17) is 5.84 Å². The Morgan fingerprint density at radius 3 is 2.41 bits per heavy atom. The minimum Gasteiger partial charge on any atom is -0.339 e. The minimum absolute atomic E-state index is 0.780. The second-order valence-electron chi connectivity index (χ2n) is 4.90. The lowest BCUT2D eigenvalue weighted by Gasteiger charge is -2.39. The predicted octanol–water partition coefficient (Wildman–Crippen LogP) is 0.386. The average Bonchev–Trinajstić information content (AvgIpc) is 2.90. The van der Waals surface area contributed by atoms with Crippen molar-refractivity contribution in [3.05, 3.63) is 0 Å². The van der Waals surface area contributed by atoms with Crippen LogP contribution in [-0.4, -0.2) is 54.5 Å². The number of hydrogen-bond acceptors (Lipinski definition) is 3. The topological polar surface area (TPSA) is 56.9 Å². The molecular weight excluding hydrogens is 214 g/mol. The molecule has 5 nitrogen and oxygen atoms in total. The maximum atomic E-state index is 5.51. The Morgan fingerprint density at radius 2 is 1.88 bits per heavy atom. The van der Waals surface area contributed by atoms with Gasteiger partial charge in [-0.2, -0.15) is 0 Å². The van der Waals surface area contributed by atoms with Crippen LogP contribution in [0.5, 0.6) is 0 Å². The fourth-order valence-corrected chi connectivity index (χ4v) is 2.95. The number of rotatable bonds is 2. The summed E-state index contributed by atoms with van der Waals surface area (Å²) in [6, 6.07) is 0.842. The summed E-state index contributed by atoms with van der Waals surface area (Å²) in [7, 11) is 0. The number of hydrazine groups is 1. The molecule has 1 aliphatic carbocycles. The Bertz CT molecular complexity index is 252. The third-order valence-corrected chi connectivity index (χ3v) is 3.89. The molecule has 0 aromatic heterocycles. The first-order valence-electron chi connectivity index (χ1n) is 6.85. The molecule has 2 rings (SSSR count). The van der Waals surface area contributed by atoms with Gasteiger partial charge in [0.15, 0.2) is 0 Å². The summed E-state index contributed by atoms with van der Waals surface area (Å²) in [5.41, 5.74) is 2.71. The van der Waals surface area contributed by atoms with Gasteiger partial charge in [0.2, 0.25) is 5.96 Å². The molecule has 1 aliphatic heterocycles. The summed E-state index contributed by atoms with van der Waals surface area (Å²) in [6.45, 7) is 7.19. The monoisotopic (exact) mass is 239 g/mol. The maximum absolute atomic E-state index is 5.51. The van der Waals surface area contributed by atoms with Crippen molar-refractivity contribution in [1.82, 2.24) is 15.2 Å². The summed E-state index contributed by atoms with van der Waals surface area (Å²) in [6.07, 6.45) is 5.62. The molecule has 98 valence electrons. The van der Waals surface area contributed by atoms with Gasteiger partial charge in [0.05, 0.1) is 0 Å². The van der Waals surface area contributed by atoms with E-state index in [2.05, 4.69) is 20.2 Å². The number of aliphatic imine (C=N–C) groups is 1. The van der Waals surface area contributed by atoms with Gasteiger partial charge >= 0.3 is 0 Å². The fraction of sp³-hybridized carbons (Fsp3) is 0.917. The third kappa shape index (κ3) is 3.10. The van der Waals surface area contributed by atoms with E-state index >= 15 is 0 Å². The second kappa shape index (κ2) is 6.21.